The molecule has 1 saturated heterocycles. The molecule has 4 nitrogen and oxygen atoms in total. The van der Waals surface area contributed by atoms with Crippen molar-refractivity contribution < 1.29 is 9.53 Å². The van der Waals surface area contributed by atoms with Crippen LogP contribution in [0.25, 0.3) is 0 Å². The van der Waals surface area contributed by atoms with Crippen LogP contribution < -0.4 is 10.6 Å². The topological polar surface area (TPSA) is 50.4 Å². The summed E-state index contributed by atoms with van der Waals surface area (Å²) in [4.78, 5) is 12.5. The second-order valence-corrected chi connectivity index (χ2v) is 5.85. The molecule has 0 spiro atoms. The average Bonchev–Trinajstić information content (AvgIpc) is 2.93. The fourth-order valence-corrected chi connectivity index (χ4v) is 2.69. The van der Waals surface area contributed by atoms with Crippen molar-refractivity contribution in [3.8, 4) is 0 Å². The molecule has 0 aromatic heterocycles. The summed E-state index contributed by atoms with van der Waals surface area (Å²) in [5.74, 6) is -0.0149. The minimum Gasteiger partial charge on any atom is -0.379 e. The number of nitrogens with one attached hydrogen (secondary N) is 2. The van der Waals surface area contributed by atoms with Crippen molar-refractivity contribution in [3.63, 3.8) is 0 Å². The van der Waals surface area contributed by atoms with Crippen molar-refractivity contribution in [3.05, 3.63) is 35.4 Å². The Bertz CT molecular complexity index is 476. The molecule has 116 valence electrons. The molecule has 21 heavy (non-hydrogen) atoms. The molecule has 1 aromatic rings. The number of rotatable bonds is 6. The summed E-state index contributed by atoms with van der Waals surface area (Å²) >= 11 is 0. The van der Waals surface area contributed by atoms with Crippen LogP contribution in [-0.2, 0) is 9.53 Å². The molecule has 1 aromatic carbocycles. The van der Waals surface area contributed by atoms with E-state index >= 15 is 0 Å². The summed E-state index contributed by atoms with van der Waals surface area (Å²) in [6.45, 7) is 8.26. The van der Waals surface area contributed by atoms with Gasteiger partial charge in [0.15, 0.2) is 0 Å². The Hall–Kier alpha value is -1.39. The highest BCUT2D eigenvalue weighted by molar-refractivity contribution is 5.80. The molecule has 1 amide bonds. The van der Waals surface area contributed by atoms with Crippen LogP contribution in [0.1, 0.15) is 37.4 Å². The molecular formula is C17H26N2O2. The number of benzene rings is 1. The summed E-state index contributed by atoms with van der Waals surface area (Å²) in [5.41, 5.74) is 2.35. The summed E-state index contributed by atoms with van der Waals surface area (Å²) < 4.78 is 5.47. The van der Waals surface area contributed by atoms with Gasteiger partial charge in [-0.05, 0) is 32.4 Å². The summed E-state index contributed by atoms with van der Waals surface area (Å²) in [6, 6.07) is 8.41. The number of hydrogen-bond donors (Lipinski definition) is 2. The van der Waals surface area contributed by atoms with E-state index in [0.29, 0.717) is 13.2 Å². The first-order valence-electron chi connectivity index (χ1n) is 7.80. The summed E-state index contributed by atoms with van der Waals surface area (Å²) in [6.07, 6.45) is 1.06. The number of ether oxygens (including phenoxy) is 1. The van der Waals surface area contributed by atoms with Crippen LogP contribution in [0.15, 0.2) is 24.3 Å². The van der Waals surface area contributed by atoms with Crippen LogP contribution in [-0.4, -0.2) is 31.7 Å². The lowest BCUT2D eigenvalue weighted by molar-refractivity contribution is -0.126. The van der Waals surface area contributed by atoms with Crippen molar-refractivity contribution in [2.45, 2.75) is 39.3 Å². The monoisotopic (exact) mass is 290 g/mol. The maximum absolute atomic E-state index is 12.5. The molecule has 0 aliphatic carbocycles. The molecule has 0 radical (unpaired) electrons. The second-order valence-electron chi connectivity index (χ2n) is 5.85. The normalized spacial score (nSPS) is 23.0. The summed E-state index contributed by atoms with van der Waals surface area (Å²) in [7, 11) is 0. The fourth-order valence-electron chi connectivity index (χ4n) is 2.69. The van der Waals surface area contributed by atoms with E-state index in [2.05, 4.69) is 42.7 Å². The molecular weight excluding hydrogens is 264 g/mol. The van der Waals surface area contributed by atoms with Gasteiger partial charge in [-0.1, -0.05) is 36.8 Å². The maximum Gasteiger partial charge on any atom is 0.227 e. The Morgan fingerprint density at radius 3 is 2.95 bits per heavy atom. The van der Waals surface area contributed by atoms with Crippen molar-refractivity contribution in [2.75, 3.05) is 19.8 Å². The molecule has 2 unspecified atom stereocenters. The first-order valence-corrected chi connectivity index (χ1v) is 7.80. The molecule has 1 fully saturated rings. The number of carbonyl (C=O) groups is 1. The number of hydrogen-bond acceptors (Lipinski definition) is 3. The first-order chi connectivity index (χ1) is 10.1. The molecule has 1 aliphatic rings. The van der Waals surface area contributed by atoms with Crippen molar-refractivity contribution in [1.29, 1.82) is 0 Å². The highest BCUT2D eigenvalue weighted by Gasteiger charge is 2.34. The van der Waals surface area contributed by atoms with Crippen LogP contribution in [0.4, 0.5) is 0 Å². The Morgan fingerprint density at radius 1 is 1.43 bits per heavy atom. The van der Waals surface area contributed by atoms with Crippen LogP contribution in [0.5, 0.6) is 0 Å². The van der Waals surface area contributed by atoms with E-state index < -0.39 is 0 Å². The van der Waals surface area contributed by atoms with E-state index in [1.807, 2.05) is 13.0 Å². The zero-order valence-electron chi connectivity index (χ0n) is 13.2. The van der Waals surface area contributed by atoms with Gasteiger partial charge in [0.1, 0.15) is 0 Å². The number of aryl methyl sites for hydroxylation is 1. The van der Waals surface area contributed by atoms with Crippen LogP contribution >= 0.6 is 0 Å². The van der Waals surface area contributed by atoms with Gasteiger partial charge in [0.05, 0.1) is 25.2 Å². The van der Waals surface area contributed by atoms with E-state index in [4.69, 9.17) is 4.74 Å². The second kappa shape index (κ2) is 7.57. The third-order valence-corrected chi connectivity index (χ3v) is 3.97. The molecule has 0 saturated carbocycles. The molecule has 1 aliphatic heterocycles. The van der Waals surface area contributed by atoms with Gasteiger partial charge in [0.2, 0.25) is 5.91 Å². The summed E-state index contributed by atoms with van der Waals surface area (Å²) in [5, 5.41) is 6.51. The molecule has 4 heteroatoms. The molecule has 2 rings (SSSR count). The molecule has 3 atom stereocenters. The van der Waals surface area contributed by atoms with Gasteiger partial charge < -0.3 is 15.4 Å². The SMILES string of the molecule is CCCNC1COCC1C(=O)N[C@@H](C)c1cccc(C)c1. The highest BCUT2D eigenvalue weighted by Crippen LogP contribution is 2.18. The van der Waals surface area contributed by atoms with Gasteiger partial charge in [0, 0.05) is 6.04 Å². The lowest BCUT2D eigenvalue weighted by atomic mass is 10.0. The van der Waals surface area contributed by atoms with Crippen molar-refractivity contribution in [1.82, 2.24) is 10.6 Å². The van der Waals surface area contributed by atoms with Crippen molar-refractivity contribution >= 4 is 5.91 Å². The largest absolute Gasteiger partial charge is 0.379 e. The Labute approximate surface area is 127 Å². The fraction of sp³-hybridized carbons (Fsp3) is 0.588. The highest BCUT2D eigenvalue weighted by atomic mass is 16.5. The predicted octanol–water partition coefficient (Wildman–Crippen LogP) is 2.19. The Kier molecular flexibility index (Phi) is 5.76. The zero-order chi connectivity index (χ0) is 15.2. The third-order valence-electron chi connectivity index (χ3n) is 3.97. The van der Waals surface area contributed by atoms with Gasteiger partial charge >= 0.3 is 0 Å². The Morgan fingerprint density at radius 2 is 2.24 bits per heavy atom. The maximum atomic E-state index is 12.5. The van der Waals surface area contributed by atoms with Gasteiger partial charge in [-0.3, -0.25) is 4.79 Å². The van der Waals surface area contributed by atoms with E-state index in [0.717, 1.165) is 18.5 Å². The van der Waals surface area contributed by atoms with Gasteiger partial charge in [0.25, 0.3) is 0 Å². The lowest BCUT2D eigenvalue weighted by Crippen LogP contribution is -2.44. The average molecular weight is 290 g/mol. The van der Waals surface area contributed by atoms with E-state index in [1.54, 1.807) is 0 Å². The standard InChI is InChI=1S/C17H26N2O2/c1-4-8-18-16-11-21-10-15(16)17(20)19-13(3)14-7-5-6-12(2)9-14/h5-7,9,13,15-16,18H,4,8,10-11H2,1-3H3,(H,19,20)/t13-,15?,16?/m0/s1. The zero-order valence-corrected chi connectivity index (χ0v) is 13.2. The van der Waals surface area contributed by atoms with Crippen LogP contribution in [0.3, 0.4) is 0 Å². The van der Waals surface area contributed by atoms with Gasteiger partial charge in [-0.2, -0.15) is 0 Å². The van der Waals surface area contributed by atoms with Crippen LogP contribution in [0, 0.1) is 12.8 Å². The van der Waals surface area contributed by atoms with E-state index in [9.17, 15) is 4.79 Å². The van der Waals surface area contributed by atoms with E-state index in [1.165, 1.54) is 5.56 Å². The number of carbonyl (C=O) groups excluding carboxylic acids is 1. The third kappa shape index (κ3) is 4.29. The minimum atomic E-state index is -0.0937. The number of amides is 1. The lowest BCUT2D eigenvalue weighted by Gasteiger charge is -2.21. The molecule has 2 N–H and O–H groups in total. The van der Waals surface area contributed by atoms with E-state index in [-0.39, 0.29) is 23.9 Å². The Balaban J connectivity index is 1.94. The van der Waals surface area contributed by atoms with Crippen molar-refractivity contribution in [2.24, 2.45) is 5.92 Å². The molecule has 1 heterocycles. The predicted molar refractivity (Wildman–Crippen MR) is 84.1 cm³/mol. The quantitative estimate of drug-likeness (QED) is 0.844. The first kappa shape index (κ1) is 16.0. The minimum absolute atomic E-state index is 0.0184. The van der Waals surface area contributed by atoms with Crippen LogP contribution in [0.2, 0.25) is 0 Å². The van der Waals surface area contributed by atoms with Gasteiger partial charge in [-0.15, -0.1) is 0 Å². The smallest absolute Gasteiger partial charge is 0.227 e. The van der Waals surface area contributed by atoms with Gasteiger partial charge in [-0.25, -0.2) is 0 Å². The molecule has 0 bridgehead atoms.